The predicted molar refractivity (Wildman–Crippen MR) is 80.4 cm³/mol. The molecule has 106 valence electrons. The van der Waals surface area contributed by atoms with Crippen molar-refractivity contribution in [1.29, 1.82) is 0 Å². The molecule has 2 rings (SSSR count). The van der Waals surface area contributed by atoms with Crippen LogP contribution in [-0.2, 0) is 0 Å². The van der Waals surface area contributed by atoms with Crippen LogP contribution in [0.15, 0.2) is 36.4 Å². The van der Waals surface area contributed by atoms with Gasteiger partial charge in [-0.2, -0.15) is 5.10 Å². The van der Waals surface area contributed by atoms with E-state index < -0.39 is 0 Å². The van der Waals surface area contributed by atoms with Crippen molar-refractivity contribution in [1.82, 2.24) is 15.1 Å². The predicted octanol–water partition coefficient (Wildman–Crippen LogP) is 3.19. The summed E-state index contributed by atoms with van der Waals surface area (Å²) in [4.78, 5) is 14.1. The van der Waals surface area contributed by atoms with Crippen LogP contribution in [0.5, 0.6) is 0 Å². The van der Waals surface area contributed by atoms with Gasteiger partial charge in [-0.15, -0.1) is 0 Å². The van der Waals surface area contributed by atoms with Gasteiger partial charge in [0.15, 0.2) is 0 Å². The van der Waals surface area contributed by atoms with Crippen molar-refractivity contribution in [3.8, 4) is 11.3 Å². The first-order chi connectivity index (χ1) is 9.50. The molecule has 20 heavy (non-hydrogen) atoms. The normalized spacial score (nSPS) is 12.4. The molecule has 0 fully saturated rings. The third-order valence-electron chi connectivity index (χ3n) is 3.77. The summed E-state index contributed by atoms with van der Waals surface area (Å²) >= 11 is 0. The van der Waals surface area contributed by atoms with Crippen LogP contribution in [0.1, 0.15) is 31.3 Å². The molecule has 1 heterocycles. The second-order valence-electron chi connectivity index (χ2n) is 5.43. The Kier molecular flexibility index (Phi) is 4.23. The van der Waals surface area contributed by atoms with Crippen molar-refractivity contribution < 1.29 is 4.79 Å². The number of amides is 1. The van der Waals surface area contributed by atoms with E-state index in [0.29, 0.717) is 11.6 Å². The van der Waals surface area contributed by atoms with E-state index in [0.717, 1.165) is 11.3 Å². The molecule has 1 atom stereocenters. The first-order valence-corrected chi connectivity index (χ1v) is 6.88. The summed E-state index contributed by atoms with van der Waals surface area (Å²) < 4.78 is 0. The van der Waals surface area contributed by atoms with Crippen LogP contribution >= 0.6 is 0 Å². The lowest BCUT2D eigenvalue weighted by Gasteiger charge is -2.27. The van der Waals surface area contributed by atoms with Crippen LogP contribution < -0.4 is 0 Å². The van der Waals surface area contributed by atoms with Gasteiger partial charge >= 0.3 is 0 Å². The van der Waals surface area contributed by atoms with E-state index in [4.69, 9.17) is 0 Å². The highest BCUT2D eigenvalue weighted by atomic mass is 16.2. The van der Waals surface area contributed by atoms with Crippen LogP contribution in [0.3, 0.4) is 0 Å². The van der Waals surface area contributed by atoms with E-state index in [1.54, 1.807) is 11.0 Å². The molecule has 4 heteroatoms. The van der Waals surface area contributed by atoms with Gasteiger partial charge in [0.05, 0.1) is 5.69 Å². The molecule has 1 aromatic heterocycles. The highest BCUT2D eigenvalue weighted by molar-refractivity contribution is 5.93. The van der Waals surface area contributed by atoms with Gasteiger partial charge in [0.25, 0.3) is 5.91 Å². The topological polar surface area (TPSA) is 49.0 Å². The molecule has 0 radical (unpaired) electrons. The number of nitrogens with zero attached hydrogens (tertiary/aromatic N) is 2. The number of rotatable bonds is 4. The molecule has 0 aliphatic carbocycles. The van der Waals surface area contributed by atoms with Crippen molar-refractivity contribution in [2.45, 2.75) is 26.8 Å². The minimum absolute atomic E-state index is 0.0270. The average molecular weight is 271 g/mol. The number of hydrogen-bond donors (Lipinski definition) is 1. The molecule has 0 bridgehead atoms. The summed E-state index contributed by atoms with van der Waals surface area (Å²) in [5.74, 6) is 0.390. The van der Waals surface area contributed by atoms with Crippen LogP contribution in [0, 0.1) is 5.92 Å². The zero-order valence-corrected chi connectivity index (χ0v) is 12.4. The van der Waals surface area contributed by atoms with E-state index in [-0.39, 0.29) is 11.9 Å². The van der Waals surface area contributed by atoms with Crippen molar-refractivity contribution in [3.05, 3.63) is 42.1 Å². The Morgan fingerprint density at radius 2 is 1.85 bits per heavy atom. The lowest BCUT2D eigenvalue weighted by Crippen LogP contribution is -2.38. The fourth-order valence-electron chi connectivity index (χ4n) is 2.01. The largest absolute Gasteiger partial charge is 0.337 e. The molecule has 1 amide bonds. The number of hydrogen-bond acceptors (Lipinski definition) is 2. The Morgan fingerprint density at radius 1 is 1.20 bits per heavy atom. The van der Waals surface area contributed by atoms with E-state index in [1.807, 2.05) is 37.4 Å². The summed E-state index contributed by atoms with van der Waals surface area (Å²) in [5.41, 5.74) is 2.32. The van der Waals surface area contributed by atoms with Crippen molar-refractivity contribution >= 4 is 5.91 Å². The zero-order chi connectivity index (χ0) is 14.7. The zero-order valence-electron chi connectivity index (χ0n) is 12.4. The van der Waals surface area contributed by atoms with Crippen molar-refractivity contribution in [2.24, 2.45) is 5.92 Å². The van der Waals surface area contributed by atoms with Gasteiger partial charge in [-0.3, -0.25) is 9.89 Å². The summed E-state index contributed by atoms with van der Waals surface area (Å²) in [6.45, 7) is 6.27. The second kappa shape index (κ2) is 5.90. The van der Waals surface area contributed by atoms with Crippen molar-refractivity contribution in [2.75, 3.05) is 7.05 Å². The number of carbonyl (C=O) groups is 1. The number of aromatic nitrogens is 2. The Hall–Kier alpha value is -2.10. The number of benzene rings is 1. The number of carbonyl (C=O) groups excluding carboxylic acids is 1. The molecule has 0 saturated heterocycles. The average Bonchev–Trinajstić information content (AvgIpc) is 2.95. The first kappa shape index (κ1) is 14.3. The molecular formula is C16H21N3O. The summed E-state index contributed by atoms with van der Waals surface area (Å²) in [6, 6.07) is 11.8. The molecule has 1 N–H and O–H groups in total. The highest BCUT2D eigenvalue weighted by Gasteiger charge is 2.21. The van der Waals surface area contributed by atoms with E-state index >= 15 is 0 Å². The van der Waals surface area contributed by atoms with Crippen LogP contribution in [0.4, 0.5) is 0 Å². The fraction of sp³-hybridized carbons (Fsp3) is 0.375. The standard InChI is InChI=1S/C16H21N3O/c1-11(2)12(3)19(4)16(20)15-10-14(17-18-15)13-8-6-5-7-9-13/h5-12H,1-4H3,(H,17,18). The molecule has 2 aromatic rings. The molecule has 0 spiro atoms. The maximum absolute atomic E-state index is 12.4. The maximum atomic E-state index is 12.4. The molecule has 1 unspecified atom stereocenters. The van der Waals surface area contributed by atoms with Gasteiger partial charge in [-0.05, 0) is 18.9 Å². The van der Waals surface area contributed by atoms with Crippen molar-refractivity contribution in [3.63, 3.8) is 0 Å². The van der Waals surface area contributed by atoms with Gasteiger partial charge in [0.1, 0.15) is 5.69 Å². The Morgan fingerprint density at radius 3 is 2.45 bits per heavy atom. The Labute approximate surface area is 119 Å². The van der Waals surface area contributed by atoms with Gasteiger partial charge < -0.3 is 4.90 Å². The Balaban J connectivity index is 2.19. The van der Waals surface area contributed by atoms with Gasteiger partial charge in [0.2, 0.25) is 0 Å². The number of nitrogens with one attached hydrogen (secondary N) is 1. The minimum Gasteiger partial charge on any atom is -0.337 e. The summed E-state index contributed by atoms with van der Waals surface area (Å²) in [7, 11) is 1.83. The highest BCUT2D eigenvalue weighted by Crippen LogP contribution is 2.18. The monoisotopic (exact) mass is 271 g/mol. The maximum Gasteiger partial charge on any atom is 0.271 e. The minimum atomic E-state index is -0.0270. The molecular weight excluding hydrogens is 250 g/mol. The SMILES string of the molecule is CC(C)C(C)N(C)C(=O)c1cc(-c2ccccc2)n[nH]1. The second-order valence-corrected chi connectivity index (χ2v) is 5.43. The van der Waals surface area contributed by atoms with Gasteiger partial charge in [0, 0.05) is 18.7 Å². The summed E-state index contributed by atoms with van der Waals surface area (Å²) in [5, 5.41) is 7.06. The smallest absolute Gasteiger partial charge is 0.271 e. The number of aromatic amines is 1. The van der Waals surface area contributed by atoms with E-state index in [9.17, 15) is 4.79 Å². The molecule has 0 aliphatic heterocycles. The molecule has 0 aliphatic rings. The molecule has 1 aromatic carbocycles. The lowest BCUT2D eigenvalue weighted by atomic mass is 10.0. The quantitative estimate of drug-likeness (QED) is 0.928. The van der Waals surface area contributed by atoms with E-state index in [2.05, 4.69) is 31.0 Å². The lowest BCUT2D eigenvalue weighted by molar-refractivity contribution is 0.0701. The van der Waals surface area contributed by atoms with Crippen LogP contribution in [0.2, 0.25) is 0 Å². The van der Waals surface area contributed by atoms with Gasteiger partial charge in [-0.25, -0.2) is 0 Å². The van der Waals surface area contributed by atoms with Gasteiger partial charge in [-0.1, -0.05) is 44.2 Å². The Bertz CT molecular complexity index is 574. The molecule has 0 saturated carbocycles. The fourth-order valence-corrected chi connectivity index (χ4v) is 2.01. The van der Waals surface area contributed by atoms with Crippen LogP contribution in [0.25, 0.3) is 11.3 Å². The third kappa shape index (κ3) is 2.90. The number of H-pyrrole nitrogens is 1. The first-order valence-electron chi connectivity index (χ1n) is 6.88. The van der Waals surface area contributed by atoms with Crippen LogP contribution in [-0.4, -0.2) is 34.1 Å². The van der Waals surface area contributed by atoms with E-state index in [1.165, 1.54) is 0 Å². The third-order valence-corrected chi connectivity index (χ3v) is 3.77. The molecule has 4 nitrogen and oxygen atoms in total. The summed E-state index contributed by atoms with van der Waals surface area (Å²) in [6.07, 6.45) is 0.